The van der Waals surface area contributed by atoms with Crippen LogP contribution in [0.4, 0.5) is 0 Å². The molecule has 0 atom stereocenters. The molecular weight excluding hydrogens is 242 g/mol. The molecular formula is C11H16ClN3O2. The molecule has 1 aromatic rings. The van der Waals surface area contributed by atoms with Crippen molar-refractivity contribution in [3.05, 3.63) is 17.2 Å². The molecule has 1 aliphatic rings. The number of aromatic nitrogens is 2. The third-order valence-corrected chi connectivity index (χ3v) is 3.68. The highest BCUT2D eigenvalue weighted by Gasteiger charge is 2.25. The number of aliphatic carboxylic acids is 1. The molecule has 94 valence electrons. The SMILES string of the molecule is Cn1c(Cl)cnc1CN1CCC(C(=O)O)CC1. The molecule has 0 unspecified atom stereocenters. The minimum absolute atomic E-state index is 0.184. The summed E-state index contributed by atoms with van der Waals surface area (Å²) in [6, 6.07) is 0. The van der Waals surface area contributed by atoms with Crippen molar-refractivity contribution in [2.24, 2.45) is 13.0 Å². The summed E-state index contributed by atoms with van der Waals surface area (Å²) in [7, 11) is 1.88. The molecule has 2 heterocycles. The fourth-order valence-electron chi connectivity index (χ4n) is 2.11. The Labute approximate surface area is 105 Å². The lowest BCUT2D eigenvalue weighted by Gasteiger charge is -2.29. The predicted molar refractivity (Wildman–Crippen MR) is 63.9 cm³/mol. The van der Waals surface area contributed by atoms with Crippen molar-refractivity contribution in [3.63, 3.8) is 0 Å². The summed E-state index contributed by atoms with van der Waals surface area (Å²) in [6.45, 7) is 2.35. The van der Waals surface area contributed by atoms with Gasteiger partial charge in [0.1, 0.15) is 11.0 Å². The normalized spacial score (nSPS) is 18.5. The number of piperidine rings is 1. The minimum atomic E-state index is -0.676. The molecule has 2 rings (SSSR count). The summed E-state index contributed by atoms with van der Waals surface area (Å²) in [5, 5.41) is 9.53. The first-order valence-corrected chi connectivity index (χ1v) is 6.07. The summed E-state index contributed by atoms with van der Waals surface area (Å²) in [6.07, 6.45) is 3.07. The number of likely N-dealkylation sites (tertiary alicyclic amines) is 1. The maximum atomic E-state index is 10.8. The second-order valence-corrected chi connectivity index (χ2v) is 4.83. The van der Waals surface area contributed by atoms with Gasteiger partial charge in [-0.15, -0.1) is 0 Å². The monoisotopic (exact) mass is 257 g/mol. The smallest absolute Gasteiger partial charge is 0.306 e. The van der Waals surface area contributed by atoms with Crippen LogP contribution in [0, 0.1) is 5.92 Å². The van der Waals surface area contributed by atoms with Crippen LogP contribution in [0.5, 0.6) is 0 Å². The second kappa shape index (κ2) is 5.06. The zero-order valence-electron chi connectivity index (χ0n) is 9.77. The molecule has 1 aromatic heterocycles. The van der Waals surface area contributed by atoms with Crippen LogP contribution in [-0.4, -0.2) is 38.6 Å². The lowest BCUT2D eigenvalue weighted by molar-refractivity contribution is -0.143. The molecule has 1 aliphatic heterocycles. The quantitative estimate of drug-likeness (QED) is 0.889. The van der Waals surface area contributed by atoms with Gasteiger partial charge in [0.2, 0.25) is 0 Å². The van der Waals surface area contributed by atoms with E-state index in [9.17, 15) is 4.79 Å². The molecule has 0 saturated carbocycles. The first kappa shape index (κ1) is 12.4. The number of hydrogen-bond donors (Lipinski definition) is 1. The average Bonchev–Trinajstić information content (AvgIpc) is 2.62. The summed E-state index contributed by atoms with van der Waals surface area (Å²) in [4.78, 5) is 17.3. The largest absolute Gasteiger partial charge is 0.481 e. The second-order valence-electron chi connectivity index (χ2n) is 4.44. The van der Waals surface area contributed by atoms with Gasteiger partial charge >= 0.3 is 5.97 Å². The number of rotatable bonds is 3. The van der Waals surface area contributed by atoms with E-state index in [0.717, 1.165) is 25.5 Å². The molecule has 0 bridgehead atoms. The van der Waals surface area contributed by atoms with Gasteiger partial charge in [-0.1, -0.05) is 11.6 Å². The average molecular weight is 258 g/mol. The number of carbonyl (C=O) groups is 1. The van der Waals surface area contributed by atoms with Crippen molar-refractivity contribution < 1.29 is 9.90 Å². The van der Waals surface area contributed by atoms with E-state index in [4.69, 9.17) is 16.7 Å². The molecule has 6 heteroatoms. The highest BCUT2D eigenvalue weighted by Crippen LogP contribution is 2.19. The van der Waals surface area contributed by atoms with Crippen molar-refractivity contribution in [2.45, 2.75) is 19.4 Å². The molecule has 1 fully saturated rings. The van der Waals surface area contributed by atoms with Crippen LogP contribution in [0.25, 0.3) is 0 Å². The van der Waals surface area contributed by atoms with Gasteiger partial charge in [0.15, 0.2) is 0 Å². The lowest BCUT2D eigenvalue weighted by atomic mass is 9.97. The highest BCUT2D eigenvalue weighted by molar-refractivity contribution is 6.29. The van der Waals surface area contributed by atoms with Gasteiger partial charge in [-0.2, -0.15) is 0 Å². The summed E-state index contributed by atoms with van der Waals surface area (Å²) < 4.78 is 1.85. The Hall–Kier alpha value is -1.07. The maximum absolute atomic E-state index is 10.8. The number of carboxylic acids is 1. The van der Waals surface area contributed by atoms with Crippen LogP contribution in [0.1, 0.15) is 18.7 Å². The fraction of sp³-hybridized carbons (Fsp3) is 0.636. The molecule has 0 radical (unpaired) electrons. The van der Waals surface area contributed by atoms with E-state index in [1.165, 1.54) is 0 Å². The van der Waals surface area contributed by atoms with Crippen LogP contribution in [0.15, 0.2) is 6.20 Å². The van der Waals surface area contributed by atoms with Crippen LogP contribution in [-0.2, 0) is 18.4 Å². The van der Waals surface area contributed by atoms with Crippen molar-refractivity contribution in [1.82, 2.24) is 14.5 Å². The minimum Gasteiger partial charge on any atom is -0.481 e. The molecule has 1 N–H and O–H groups in total. The van der Waals surface area contributed by atoms with E-state index in [0.29, 0.717) is 18.0 Å². The van der Waals surface area contributed by atoms with Crippen molar-refractivity contribution in [2.75, 3.05) is 13.1 Å². The molecule has 0 aliphatic carbocycles. The molecule has 1 saturated heterocycles. The van der Waals surface area contributed by atoms with Gasteiger partial charge in [0.05, 0.1) is 18.7 Å². The van der Waals surface area contributed by atoms with Gasteiger partial charge < -0.3 is 9.67 Å². The Morgan fingerprint density at radius 2 is 2.24 bits per heavy atom. The Bertz CT molecular complexity index is 411. The van der Waals surface area contributed by atoms with E-state index in [1.807, 2.05) is 11.6 Å². The summed E-state index contributed by atoms with van der Waals surface area (Å²) in [5.74, 6) is 0.0599. The van der Waals surface area contributed by atoms with E-state index in [2.05, 4.69) is 9.88 Å². The first-order chi connectivity index (χ1) is 8.08. The zero-order chi connectivity index (χ0) is 12.4. The molecule has 0 aromatic carbocycles. The van der Waals surface area contributed by atoms with Gasteiger partial charge in [-0.3, -0.25) is 9.69 Å². The number of hydrogen-bond acceptors (Lipinski definition) is 3. The molecule has 0 spiro atoms. The topological polar surface area (TPSA) is 58.4 Å². The van der Waals surface area contributed by atoms with E-state index in [-0.39, 0.29) is 5.92 Å². The zero-order valence-corrected chi connectivity index (χ0v) is 10.5. The van der Waals surface area contributed by atoms with Gasteiger partial charge in [0, 0.05) is 7.05 Å². The molecule has 0 amide bonds. The number of imidazole rings is 1. The Morgan fingerprint density at radius 1 is 1.59 bits per heavy atom. The standard InChI is InChI=1S/C11H16ClN3O2/c1-14-9(12)6-13-10(14)7-15-4-2-8(3-5-15)11(16)17/h6,8H,2-5,7H2,1H3,(H,16,17). The van der Waals surface area contributed by atoms with Gasteiger partial charge in [0.25, 0.3) is 0 Å². The van der Waals surface area contributed by atoms with Crippen molar-refractivity contribution in [1.29, 1.82) is 0 Å². The maximum Gasteiger partial charge on any atom is 0.306 e. The fourth-order valence-corrected chi connectivity index (χ4v) is 2.26. The number of halogens is 1. The van der Waals surface area contributed by atoms with Crippen LogP contribution >= 0.6 is 11.6 Å². The Morgan fingerprint density at radius 3 is 2.71 bits per heavy atom. The lowest BCUT2D eigenvalue weighted by Crippen LogP contribution is -2.36. The van der Waals surface area contributed by atoms with Crippen molar-refractivity contribution in [3.8, 4) is 0 Å². The third kappa shape index (κ3) is 2.79. The van der Waals surface area contributed by atoms with Crippen LogP contribution in [0.2, 0.25) is 5.15 Å². The van der Waals surface area contributed by atoms with Gasteiger partial charge in [-0.05, 0) is 25.9 Å². The van der Waals surface area contributed by atoms with Crippen LogP contribution in [0.3, 0.4) is 0 Å². The highest BCUT2D eigenvalue weighted by atomic mass is 35.5. The predicted octanol–water partition coefficient (Wildman–Crippen LogP) is 1.37. The van der Waals surface area contributed by atoms with E-state index in [1.54, 1.807) is 6.20 Å². The van der Waals surface area contributed by atoms with Crippen molar-refractivity contribution >= 4 is 17.6 Å². The Balaban J connectivity index is 1.90. The molecule has 5 nitrogen and oxygen atoms in total. The van der Waals surface area contributed by atoms with Gasteiger partial charge in [-0.25, -0.2) is 4.98 Å². The molecule has 17 heavy (non-hydrogen) atoms. The van der Waals surface area contributed by atoms with E-state index < -0.39 is 5.97 Å². The summed E-state index contributed by atoms with van der Waals surface area (Å²) in [5.41, 5.74) is 0. The summed E-state index contributed by atoms with van der Waals surface area (Å²) >= 11 is 5.92. The first-order valence-electron chi connectivity index (χ1n) is 5.69. The number of carboxylic acid groups (broad SMARTS) is 1. The third-order valence-electron chi connectivity index (χ3n) is 3.33. The number of nitrogens with zero attached hydrogens (tertiary/aromatic N) is 3. The Kier molecular flexibility index (Phi) is 3.69. The van der Waals surface area contributed by atoms with E-state index >= 15 is 0 Å². The van der Waals surface area contributed by atoms with Crippen LogP contribution < -0.4 is 0 Å².